The number of aromatic amines is 2. The van der Waals surface area contributed by atoms with E-state index < -0.39 is 47.3 Å². The van der Waals surface area contributed by atoms with E-state index in [0.717, 1.165) is 12.4 Å². The lowest BCUT2D eigenvalue weighted by atomic mass is 10.4. The van der Waals surface area contributed by atoms with Crippen LogP contribution in [0, 0.1) is 0 Å². The molecule has 4 atom stereocenters. The molecule has 2 aromatic heterocycles. The van der Waals surface area contributed by atoms with E-state index in [1.54, 1.807) is 0 Å². The second kappa shape index (κ2) is 10.1. The predicted octanol–water partition coefficient (Wildman–Crippen LogP) is -1.23. The zero-order valence-corrected chi connectivity index (χ0v) is 16.8. The minimum Gasteiger partial charge on any atom is -0.412 e. The lowest BCUT2D eigenvalue weighted by molar-refractivity contribution is -0.0658. The summed E-state index contributed by atoms with van der Waals surface area (Å²) in [6, 6.07) is 0. The molecule has 164 valence electrons. The van der Waals surface area contributed by atoms with Crippen LogP contribution in [0.25, 0.3) is 0 Å². The summed E-state index contributed by atoms with van der Waals surface area (Å²) in [5.74, 6) is -0.762. The van der Waals surface area contributed by atoms with Gasteiger partial charge in [-0.25, -0.2) is 9.97 Å². The highest BCUT2D eigenvalue weighted by Gasteiger charge is 2.48. The van der Waals surface area contributed by atoms with Crippen LogP contribution in [-0.2, 0) is 22.7 Å². The third kappa shape index (κ3) is 6.83. The maximum atomic E-state index is 11.9. The Morgan fingerprint density at radius 3 is 1.45 bits per heavy atom. The Morgan fingerprint density at radius 1 is 0.862 bits per heavy atom. The summed E-state index contributed by atoms with van der Waals surface area (Å²) in [5.41, 5.74) is -4.13. The van der Waals surface area contributed by atoms with Crippen molar-refractivity contribution >= 4 is 23.4 Å². The molecular formula is C10H18N4O12P3+. The van der Waals surface area contributed by atoms with Crippen LogP contribution in [0.5, 0.6) is 0 Å². The molecule has 0 aliphatic heterocycles. The Morgan fingerprint density at radius 2 is 1.21 bits per heavy atom. The van der Waals surface area contributed by atoms with Crippen molar-refractivity contribution < 1.29 is 58.0 Å². The molecule has 2 aromatic rings. The van der Waals surface area contributed by atoms with Crippen LogP contribution in [0.4, 0.5) is 0 Å². The molecule has 10 N–H and O–H groups in total. The smallest absolute Gasteiger partial charge is 0.412 e. The Bertz CT molecular complexity index is 794. The van der Waals surface area contributed by atoms with Crippen LogP contribution >= 0.6 is 23.4 Å². The van der Waals surface area contributed by atoms with Crippen molar-refractivity contribution in [3.8, 4) is 0 Å². The van der Waals surface area contributed by atoms with Crippen LogP contribution in [-0.4, -0.2) is 67.8 Å². The monoisotopic (exact) mass is 479 g/mol. The first-order valence-electron chi connectivity index (χ1n) is 7.17. The number of imidazole rings is 2. The van der Waals surface area contributed by atoms with Gasteiger partial charge in [0.15, 0.2) is 11.3 Å². The van der Waals surface area contributed by atoms with E-state index in [9.17, 15) is 43.5 Å². The number of aromatic nitrogens is 4. The Hall–Kier alpha value is -1.38. The molecule has 0 amide bonds. The van der Waals surface area contributed by atoms with Crippen molar-refractivity contribution in [1.29, 1.82) is 0 Å². The van der Waals surface area contributed by atoms with Gasteiger partial charge in [0.1, 0.15) is 11.6 Å². The molecule has 0 saturated carbocycles. The van der Waals surface area contributed by atoms with Crippen LogP contribution in [0.2, 0.25) is 0 Å². The Kier molecular flexibility index (Phi) is 8.92. The average Bonchev–Trinajstić information content (AvgIpc) is 3.17. The number of nitrogens with one attached hydrogen (secondary N) is 2. The second-order valence-electron chi connectivity index (χ2n) is 5.23. The van der Waals surface area contributed by atoms with Gasteiger partial charge in [-0.2, -0.15) is 0 Å². The van der Waals surface area contributed by atoms with Crippen molar-refractivity contribution in [2.75, 3.05) is 0 Å². The van der Waals surface area contributed by atoms with E-state index in [-0.39, 0.29) is 17.1 Å². The normalized spacial score (nSPS) is 17.1. The highest BCUT2D eigenvalue weighted by Crippen LogP contribution is 2.56. The van der Waals surface area contributed by atoms with E-state index >= 15 is 0 Å². The Balaban J connectivity index is 0.00000420. The molecule has 0 radical (unpaired) electrons. The van der Waals surface area contributed by atoms with E-state index in [2.05, 4.69) is 29.0 Å². The predicted molar refractivity (Wildman–Crippen MR) is 92.1 cm³/mol. The third-order valence-electron chi connectivity index (χ3n) is 3.25. The van der Waals surface area contributed by atoms with E-state index in [1.165, 1.54) is 12.4 Å². The van der Waals surface area contributed by atoms with Gasteiger partial charge in [-0.3, -0.25) is 9.13 Å². The standard InChI is InChI=1S/C10H15N4O11P3.H2O/c15-9(5(27(18,19)20)7-11-1-2-12-7)24-26(17)25-10(16)6(28(21,22)23)8-13-3-4-14-8;/h1-6,9-10,15-16H,(H5-,11,12,13,14,18,19,20,21,22,23);1H2/p+1. The fourth-order valence-corrected chi connectivity index (χ4v) is 4.66. The maximum Gasteiger partial charge on any atom is 0.702 e. The van der Waals surface area contributed by atoms with Gasteiger partial charge in [0.25, 0.3) is 0 Å². The summed E-state index contributed by atoms with van der Waals surface area (Å²) in [5, 5.41) is 19.8. The second-order valence-corrected chi connectivity index (χ2v) is 9.57. The first-order valence-corrected chi connectivity index (χ1v) is 11.6. The topological polar surface area (TPSA) is 280 Å². The zero-order chi connectivity index (χ0) is 21.1. The molecule has 16 nitrogen and oxygen atoms in total. The van der Waals surface area contributed by atoms with Crippen molar-refractivity contribution in [2.24, 2.45) is 0 Å². The zero-order valence-electron chi connectivity index (χ0n) is 14.1. The van der Waals surface area contributed by atoms with Crippen LogP contribution in [0.3, 0.4) is 0 Å². The number of aliphatic hydroxyl groups is 2. The summed E-state index contributed by atoms with van der Waals surface area (Å²) >= 11 is 0. The first-order chi connectivity index (χ1) is 12.9. The van der Waals surface area contributed by atoms with E-state index in [4.69, 9.17) is 0 Å². The van der Waals surface area contributed by atoms with Gasteiger partial charge in [-0.05, 0) is 0 Å². The number of hydrogen-bond donors (Lipinski definition) is 8. The fraction of sp³-hybridized carbons (Fsp3) is 0.400. The molecule has 0 bridgehead atoms. The summed E-state index contributed by atoms with van der Waals surface area (Å²) in [7, 11) is -13.6. The molecular weight excluding hydrogens is 461 g/mol. The number of nitrogens with zero attached hydrogens (tertiary/aromatic N) is 2. The molecule has 2 rings (SSSR count). The molecule has 0 saturated heterocycles. The molecule has 2 heterocycles. The lowest BCUT2D eigenvalue weighted by Gasteiger charge is -2.19. The SMILES string of the molecule is O.O=[P+](OC(O)C(c1ncc[nH]1)P(=O)(O)O)OC(O)C(c1ncc[nH]1)P(=O)(O)O. The van der Waals surface area contributed by atoms with E-state index in [0.29, 0.717) is 0 Å². The van der Waals surface area contributed by atoms with Crippen LogP contribution < -0.4 is 0 Å². The van der Waals surface area contributed by atoms with Crippen molar-refractivity contribution in [3.63, 3.8) is 0 Å². The molecule has 0 aromatic carbocycles. The highest BCUT2D eigenvalue weighted by molar-refractivity contribution is 7.52. The molecule has 19 heteroatoms. The van der Waals surface area contributed by atoms with Gasteiger partial charge in [0, 0.05) is 29.4 Å². The fourth-order valence-electron chi connectivity index (χ4n) is 2.12. The Labute approximate surface area is 162 Å². The summed E-state index contributed by atoms with van der Waals surface area (Å²) in [6.45, 7) is 0. The molecule has 0 aliphatic carbocycles. The highest BCUT2D eigenvalue weighted by atomic mass is 31.2. The maximum absolute atomic E-state index is 11.9. The van der Waals surface area contributed by atoms with Gasteiger partial charge in [0.05, 0.1) is 0 Å². The minimum atomic E-state index is -5.05. The first kappa shape index (κ1) is 25.7. The van der Waals surface area contributed by atoms with Gasteiger partial charge >= 0.3 is 23.4 Å². The molecule has 0 spiro atoms. The number of hydrogen-bond acceptors (Lipinski definition) is 9. The largest absolute Gasteiger partial charge is 0.702 e. The van der Waals surface area contributed by atoms with Crippen molar-refractivity contribution in [1.82, 2.24) is 19.9 Å². The van der Waals surface area contributed by atoms with Gasteiger partial charge < -0.3 is 45.2 Å². The minimum absolute atomic E-state index is 0. The number of rotatable bonds is 10. The molecule has 4 unspecified atom stereocenters. The number of aliphatic hydroxyl groups excluding tert-OH is 2. The van der Waals surface area contributed by atoms with Crippen LogP contribution in [0.1, 0.15) is 23.0 Å². The summed E-state index contributed by atoms with van der Waals surface area (Å²) in [6.07, 6.45) is -0.115. The van der Waals surface area contributed by atoms with Gasteiger partial charge in [0.2, 0.25) is 12.6 Å². The molecule has 0 aliphatic rings. The third-order valence-corrected chi connectivity index (χ3v) is 6.48. The van der Waals surface area contributed by atoms with E-state index in [1.807, 2.05) is 0 Å². The quantitative estimate of drug-likeness (QED) is 0.147. The van der Waals surface area contributed by atoms with Crippen LogP contribution in [0.15, 0.2) is 24.8 Å². The average molecular weight is 479 g/mol. The van der Waals surface area contributed by atoms with Gasteiger partial charge in [-0.1, -0.05) is 9.05 Å². The molecule has 0 fully saturated rings. The lowest BCUT2D eigenvalue weighted by Crippen LogP contribution is -2.24. The van der Waals surface area contributed by atoms with Crippen molar-refractivity contribution in [3.05, 3.63) is 36.4 Å². The summed E-state index contributed by atoms with van der Waals surface area (Å²) in [4.78, 5) is 49.2. The van der Waals surface area contributed by atoms with Crippen molar-refractivity contribution in [2.45, 2.75) is 23.9 Å². The number of H-pyrrole nitrogens is 2. The molecule has 29 heavy (non-hydrogen) atoms. The van der Waals surface area contributed by atoms with Gasteiger partial charge in [-0.15, -0.1) is 0 Å². The summed E-state index contributed by atoms with van der Waals surface area (Å²) < 4.78 is 43.9.